The summed E-state index contributed by atoms with van der Waals surface area (Å²) >= 11 is 0. The Kier molecular flexibility index (Phi) is 4.50. The van der Waals surface area contributed by atoms with Gasteiger partial charge in [-0.3, -0.25) is 14.4 Å². The van der Waals surface area contributed by atoms with Crippen LogP contribution in [0.1, 0.15) is 6.42 Å². The van der Waals surface area contributed by atoms with Crippen LogP contribution in [-0.4, -0.2) is 33.3 Å². The minimum absolute atomic E-state index is 0.000785. The largest absolute Gasteiger partial charge is 0.481 e. The predicted octanol–water partition coefficient (Wildman–Crippen LogP) is 0.0942. The van der Waals surface area contributed by atoms with Crippen molar-refractivity contribution in [1.82, 2.24) is 15.1 Å². The highest BCUT2D eigenvalue weighted by Gasteiger charge is 2.09. The van der Waals surface area contributed by atoms with Gasteiger partial charge in [-0.15, -0.1) is 0 Å². The molecule has 0 fully saturated rings. The van der Waals surface area contributed by atoms with E-state index in [2.05, 4.69) is 10.4 Å². The van der Waals surface area contributed by atoms with Crippen LogP contribution in [0.3, 0.4) is 0 Å². The Labute approximate surface area is 119 Å². The number of carboxylic acids is 1. The van der Waals surface area contributed by atoms with Gasteiger partial charge in [0.05, 0.1) is 12.7 Å². The van der Waals surface area contributed by atoms with Crippen molar-refractivity contribution in [3.63, 3.8) is 0 Å². The van der Waals surface area contributed by atoms with Crippen molar-refractivity contribution in [2.75, 3.05) is 6.54 Å². The lowest BCUT2D eigenvalue weighted by Gasteiger charge is -2.06. The maximum absolute atomic E-state index is 11.7. The molecule has 1 amide bonds. The molecule has 0 saturated carbocycles. The number of furan rings is 1. The molecule has 0 bridgehead atoms. The average molecular weight is 291 g/mol. The van der Waals surface area contributed by atoms with E-state index < -0.39 is 17.4 Å². The van der Waals surface area contributed by atoms with Crippen molar-refractivity contribution in [2.24, 2.45) is 0 Å². The summed E-state index contributed by atoms with van der Waals surface area (Å²) in [6.45, 7) is -0.284. The number of carbonyl (C=O) groups excluding carboxylic acids is 1. The third-order valence-electron chi connectivity index (χ3n) is 2.59. The molecule has 2 rings (SSSR count). The van der Waals surface area contributed by atoms with Crippen LogP contribution in [0.4, 0.5) is 0 Å². The third-order valence-corrected chi connectivity index (χ3v) is 2.59. The summed E-state index contributed by atoms with van der Waals surface area (Å²) in [6, 6.07) is 6.16. The molecule has 0 aromatic carbocycles. The van der Waals surface area contributed by atoms with E-state index in [4.69, 9.17) is 9.52 Å². The molecule has 110 valence electrons. The lowest BCUT2D eigenvalue weighted by atomic mass is 10.3. The SMILES string of the molecule is O=C(O)CCNC(=O)Cn1nc(-c2ccco2)ccc1=O. The van der Waals surface area contributed by atoms with Gasteiger partial charge in [0.25, 0.3) is 5.56 Å². The Hall–Kier alpha value is -2.90. The summed E-state index contributed by atoms with van der Waals surface area (Å²) in [5.41, 5.74) is -0.00312. The topological polar surface area (TPSA) is 114 Å². The molecule has 0 aliphatic rings. The molecule has 21 heavy (non-hydrogen) atoms. The monoisotopic (exact) mass is 291 g/mol. The van der Waals surface area contributed by atoms with Crippen molar-refractivity contribution in [2.45, 2.75) is 13.0 Å². The third kappa shape index (κ3) is 4.03. The maximum Gasteiger partial charge on any atom is 0.305 e. The Bertz CT molecular complexity index is 690. The van der Waals surface area contributed by atoms with Gasteiger partial charge in [0.1, 0.15) is 12.2 Å². The van der Waals surface area contributed by atoms with Gasteiger partial charge in [-0.25, -0.2) is 4.68 Å². The summed E-state index contributed by atoms with van der Waals surface area (Å²) in [5, 5.41) is 14.9. The highest BCUT2D eigenvalue weighted by atomic mass is 16.4. The van der Waals surface area contributed by atoms with Crippen molar-refractivity contribution < 1.29 is 19.1 Å². The van der Waals surface area contributed by atoms with E-state index in [-0.39, 0.29) is 19.5 Å². The van der Waals surface area contributed by atoms with Crippen LogP contribution in [0.2, 0.25) is 0 Å². The first-order valence-corrected chi connectivity index (χ1v) is 6.17. The van der Waals surface area contributed by atoms with Crippen molar-refractivity contribution in [3.8, 4) is 11.5 Å². The molecule has 8 nitrogen and oxygen atoms in total. The molecule has 2 aromatic heterocycles. The molecule has 8 heteroatoms. The second-order valence-corrected chi connectivity index (χ2v) is 4.19. The lowest BCUT2D eigenvalue weighted by molar-refractivity contribution is -0.136. The van der Waals surface area contributed by atoms with E-state index in [1.807, 2.05) is 0 Å². The number of nitrogens with one attached hydrogen (secondary N) is 1. The number of hydrogen-bond acceptors (Lipinski definition) is 5. The van der Waals surface area contributed by atoms with Crippen molar-refractivity contribution in [1.29, 1.82) is 0 Å². The number of nitrogens with zero attached hydrogens (tertiary/aromatic N) is 2. The molecule has 0 radical (unpaired) electrons. The van der Waals surface area contributed by atoms with Gasteiger partial charge in [-0.05, 0) is 18.2 Å². The Morgan fingerprint density at radius 3 is 2.81 bits per heavy atom. The summed E-state index contributed by atoms with van der Waals surface area (Å²) < 4.78 is 6.16. The van der Waals surface area contributed by atoms with E-state index in [0.29, 0.717) is 11.5 Å². The van der Waals surface area contributed by atoms with Gasteiger partial charge >= 0.3 is 5.97 Å². The minimum atomic E-state index is -1.01. The minimum Gasteiger partial charge on any atom is -0.481 e. The maximum atomic E-state index is 11.7. The van der Waals surface area contributed by atoms with Crippen LogP contribution >= 0.6 is 0 Å². The molecule has 0 aliphatic heterocycles. The number of carbonyl (C=O) groups is 2. The van der Waals surface area contributed by atoms with E-state index in [1.165, 1.54) is 18.4 Å². The molecule has 0 spiro atoms. The summed E-state index contributed by atoms with van der Waals surface area (Å²) in [4.78, 5) is 33.6. The van der Waals surface area contributed by atoms with E-state index >= 15 is 0 Å². The van der Waals surface area contributed by atoms with Gasteiger partial charge in [0.15, 0.2) is 5.76 Å². The Morgan fingerprint density at radius 1 is 1.33 bits per heavy atom. The number of carboxylic acid groups (broad SMARTS) is 1. The molecule has 0 aliphatic carbocycles. The van der Waals surface area contributed by atoms with Gasteiger partial charge in [-0.1, -0.05) is 0 Å². The second kappa shape index (κ2) is 6.51. The molecular weight excluding hydrogens is 278 g/mol. The van der Waals surface area contributed by atoms with E-state index in [1.54, 1.807) is 12.1 Å². The van der Waals surface area contributed by atoms with Crippen LogP contribution in [0.5, 0.6) is 0 Å². The summed E-state index contributed by atoms with van der Waals surface area (Å²) in [5.74, 6) is -1.01. The summed E-state index contributed by atoms with van der Waals surface area (Å²) in [7, 11) is 0. The number of rotatable bonds is 6. The van der Waals surface area contributed by atoms with Crippen LogP contribution in [0.15, 0.2) is 39.7 Å². The predicted molar refractivity (Wildman–Crippen MR) is 71.5 cm³/mol. The quantitative estimate of drug-likeness (QED) is 0.779. The second-order valence-electron chi connectivity index (χ2n) is 4.19. The zero-order chi connectivity index (χ0) is 15.2. The lowest BCUT2D eigenvalue weighted by Crippen LogP contribution is -2.34. The molecule has 2 aromatic rings. The van der Waals surface area contributed by atoms with Crippen LogP contribution in [0.25, 0.3) is 11.5 Å². The van der Waals surface area contributed by atoms with Gasteiger partial charge in [-0.2, -0.15) is 5.10 Å². The first-order chi connectivity index (χ1) is 10.1. The molecule has 0 unspecified atom stereocenters. The zero-order valence-corrected chi connectivity index (χ0v) is 11.0. The fraction of sp³-hybridized carbons (Fsp3) is 0.231. The van der Waals surface area contributed by atoms with E-state index in [9.17, 15) is 14.4 Å². The van der Waals surface area contributed by atoms with Gasteiger partial charge < -0.3 is 14.8 Å². The van der Waals surface area contributed by atoms with Gasteiger partial charge in [0.2, 0.25) is 5.91 Å². The van der Waals surface area contributed by atoms with Crippen LogP contribution in [-0.2, 0) is 16.1 Å². The molecular formula is C13H13N3O5. The van der Waals surface area contributed by atoms with Gasteiger partial charge in [0, 0.05) is 12.6 Å². The first-order valence-electron chi connectivity index (χ1n) is 6.17. The van der Waals surface area contributed by atoms with Crippen LogP contribution < -0.4 is 10.9 Å². The number of aliphatic carboxylic acids is 1. The zero-order valence-electron chi connectivity index (χ0n) is 11.0. The molecule has 2 heterocycles. The summed E-state index contributed by atoms with van der Waals surface area (Å²) in [6.07, 6.45) is 1.30. The number of aromatic nitrogens is 2. The van der Waals surface area contributed by atoms with Crippen molar-refractivity contribution in [3.05, 3.63) is 40.9 Å². The van der Waals surface area contributed by atoms with Crippen LogP contribution in [0, 0.1) is 0 Å². The number of amides is 1. The Morgan fingerprint density at radius 2 is 2.14 bits per heavy atom. The smallest absolute Gasteiger partial charge is 0.305 e. The van der Waals surface area contributed by atoms with Crippen molar-refractivity contribution >= 4 is 11.9 Å². The molecule has 0 saturated heterocycles. The fourth-order valence-corrected chi connectivity index (χ4v) is 1.62. The highest BCUT2D eigenvalue weighted by Crippen LogP contribution is 2.14. The highest BCUT2D eigenvalue weighted by molar-refractivity contribution is 5.76. The Balaban J connectivity index is 2.06. The number of hydrogen-bond donors (Lipinski definition) is 2. The van der Waals surface area contributed by atoms with E-state index in [0.717, 1.165) is 4.68 Å². The fourth-order valence-electron chi connectivity index (χ4n) is 1.62. The first kappa shape index (κ1) is 14.5. The molecule has 0 atom stereocenters. The molecule has 2 N–H and O–H groups in total. The standard InChI is InChI=1S/C13H13N3O5/c17-11(14-6-5-13(19)20)8-16-12(18)4-3-9(15-16)10-2-1-7-21-10/h1-4,7H,5-6,8H2,(H,14,17)(H,19,20). The average Bonchev–Trinajstić information content (AvgIpc) is 2.95. The normalized spacial score (nSPS) is 10.3.